The number of aliphatic hydroxyl groups is 1. The minimum absolute atomic E-state index is 0.156. The molecule has 2 saturated heterocycles. The number of amides is 2. The lowest BCUT2D eigenvalue weighted by Crippen LogP contribution is -2.74. The molecular weight excluding hydrogens is 594 g/mol. The van der Waals surface area contributed by atoms with Crippen LogP contribution in [0.1, 0.15) is 63.4 Å². The number of rotatable bonds is 13. The lowest BCUT2D eigenvalue weighted by Gasteiger charge is -2.52. The molecule has 0 saturated carbocycles. The highest BCUT2D eigenvalue weighted by atomic mass is 32.2. The highest BCUT2D eigenvalue weighted by molar-refractivity contribution is 7.89. The second kappa shape index (κ2) is 14.3. The second-order valence-electron chi connectivity index (χ2n) is 13.1. The van der Waals surface area contributed by atoms with E-state index in [1.54, 1.807) is 29.2 Å². The molecule has 2 fully saturated rings. The van der Waals surface area contributed by atoms with Crippen molar-refractivity contribution in [1.82, 2.24) is 34.5 Å². The van der Waals surface area contributed by atoms with Crippen LogP contribution in [-0.2, 0) is 26.2 Å². The fourth-order valence-electron chi connectivity index (χ4n) is 6.31. The number of hydrogen-bond donors (Lipinski definition) is 3. The summed E-state index contributed by atoms with van der Waals surface area (Å²) in [5.74, 6) is -0.508. The Morgan fingerprint density at radius 3 is 2.36 bits per heavy atom. The summed E-state index contributed by atoms with van der Waals surface area (Å²) in [4.78, 5) is 33.4. The fraction of sp³-hybridized carbons (Fsp3) is 0.656. The van der Waals surface area contributed by atoms with Gasteiger partial charge in [-0.2, -0.15) is 5.10 Å². The molecule has 2 amide bonds. The standard InChI is InChI=1S/C32H51N7O5S/c1-8-9-17-38-30(41)28(29(40)22(2)3)34-31(42)32(38)14-18-37(19-15-32)21-27-23(4)35-39(24(27)5)25-10-12-26(13-11-25)45(43,44)33-16-20-36(6)7/h10-13,22,28-29,33,40H,8-9,14-21H2,1-7H3,(H,34,42)/t28-,29-/m1/s1. The van der Waals surface area contributed by atoms with E-state index in [9.17, 15) is 23.1 Å². The number of carbonyl (C=O) groups excluding carboxylic acids is 2. The third-order valence-electron chi connectivity index (χ3n) is 9.27. The number of benzene rings is 1. The zero-order valence-electron chi connectivity index (χ0n) is 27.8. The van der Waals surface area contributed by atoms with E-state index in [2.05, 4.69) is 21.9 Å². The summed E-state index contributed by atoms with van der Waals surface area (Å²) in [5, 5.41) is 18.4. The first-order valence-electron chi connectivity index (χ1n) is 16.0. The summed E-state index contributed by atoms with van der Waals surface area (Å²) in [5.41, 5.74) is 2.80. The zero-order valence-corrected chi connectivity index (χ0v) is 28.7. The molecule has 2 aromatic rings. The fourth-order valence-corrected chi connectivity index (χ4v) is 7.33. The Morgan fingerprint density at radius 2 is 1.78 bits per heavy atom. The van der Waals surface area contributed by atoms with E-state index in [4.69, 9.17) is 5.10 Å². The third kappa shape index (κ3) is 7.43. The van der Waals surface area contributed by atoms with Crippen molar-refractivity contribution >= 4 is 21.8 Å². The number of sulfonamides is 1. The second-order valence-corrected chi connectivity index (χ2v) is 14.9. The van der Waals surface area contributed by atoms with E-state index in [0.29, 0.717) is 52.1 Å². The van der Waals surface area contributed by atoms with Crippen LogP contribution in [0.25, 0.3) is 5.69 Å². The molecule has 0 unspecified atom stereocenters. The number of aromatic nitrogens is 2. The number of likely N-dealkylation sites (tertiary alicyclic amines) is 1. The van der Waals surface area contributed by atoms with Gasteiger partial charge in [0.2, 0.25) is 21.8 Å². The van der Waals surface area contributed by atoms with Gasteiger partial charge in [-0.1, -0.05) is 27.2 Å². The van der Waals surface area contributed by atoms with Crippen LogP contribution in [0.4, 0.5) is 0 Å². The van der Waals surface area contributed by atoms with Gasteiger partial charge in [0.05, 0.1) is 22.4 Å². The minimum Gasteiger partial charge on any atom is -0.390 e. The van der Waals surface area contributed by atoms with Crippen LogP contribution in [0.5, 0.6) is 0 Å². The Morgan fingerprint density at radius 1 is 1.13 bits per heavy atom. The Hall–Kier alpha value is -2.84. The summed E-state index contributed by atoms with van der Waals surface area (Å²) in [6.07, 6.45) is 1.80. The van der Waals surface area contributed by atoms with Crippen LogP contribution in [0.2, 0.25) is 0 Å². The lowest BCUT2D eigenvalue weighted by molar-refractivity contribution is -0.165. The van der Waals surface area contributed by atoms with E-state index in [-0.39, 0.29) is 22.6 Å². The van der Waals surface area contributed by atoms with Crippen LogP contribution < -0.4 is 10.0 Å². The molecular formula is C32H51N7O5S. The van der Waals surface area contributed by atoms with Crippen molar-refractivity contribution in [2.75, 3.05) is 46.8 Å². The van der Waals surface area contributed by atoms with Gasteiger partial charge < -0.3 is 20.2 Å². The molecule has 4 rings (SSSR count). The highest BCUT2D eigenvalue weighted by Gasteiger charge is 2.54. The minimum atomic E-state index is -3.61. The molecule has 0 radical (unpaired) electrons. The summed E-state index contributed by atoms with van der Waals surface area (Å²) >= 11 is 0. The Balaban J connectivity index is 1.46. The summed E-state index contributed by atoms with van der Waals surface area (Å²) < 4.78 is 29.8. The molecule has 2 aliphatic heterocycles. The molecule has 2 aliphatic rings. The Labute approximate surface area is 268 Å². The predicted molar refractivity (Wildman–Crippen MR) is 173 cm³/mol. The van der Waals surface area contributed by atoms with Gasteiger partial charge in [0.1, 0.15) is 11.6 Å². The summed E-state index contributed by atoms with van der Waals surface area (Å²) in [6.45, 7) is 13.1. The molecule has 0 aliphatic carbocycles. The zero-order chi connectivity index (χ0) is 33.1. The molecule has 1 aromatic heterocycles. The maximum absolute atomic E-state index is 13.6. The molecule has 1 aromatic carbocycles. The largest absolute Gasteiger partial charge is 0.390 e. The topological polar surface area (TPSA) is 140 Å². The Bertz CT molecular complexity index is 1450. The van der Waals surface area contributed by atoms with Gasteiger partial charge in [-0.05, 0) is 77.4 Å². The van der Waals surface area contributed by atoms with Gasteiger partial charge in [-0.15, -0.1) is 0 Å². The smallest absolute Gasteiger partial charge is 0.248 e. The van der Waals surface area contributed by atoms with Gasteiger partial charge in [0.15, 0.2) is 0 Å². The number of nitrogens with zero attached hydrogens (tertiary/aromatic N) is 5. The van der Waals surface area contributed by atoms with E-state index < -0.39 is 27.7 Å². The predicted octanol–water partition coefficient (Wildman–Crippen LogP) is 1.81. The maximum atomic E-state index is 13.6. The number of nitrogens with one attached hydrogen (secondary N) is 2. The van der Waals surface area contributed by atoms with Crippen molar-refractivity contribution in [1.29, 1.82) is 0 Å². The molecule has 3 heterocycles. The molecule has 0 bridgehead atoms. The number of aryl methyl sites for hydroxylation is 1. The van der Waals surface area contributed by atoms with Crippen molar-refractivity contribution in [2.45, 2.75) is 89.4 Å². The average Bonchev–Trinajstić information content (AvgIpc) is 3.27. The molecule has 3 N–H and O–H groups in total. The van der Waals surface area contributed by atoms with Crippen LogP contribution in [0, 0.1) is 19.8 Å². The lowest BCUT2D eigenvalue weighted by atomic mass is 9.80. The SMILES string of the molecule is CCCCN1C(=O)[C@@H]([C@H](O)C(C)C)NC(=O)C12CCN(Cc1c(C)nn(-c3ccc(S(=O)(=O)NCCN(C)C)cc3)c1C)CC2. The summed E-state index contributed by atoms with van der Waals surface area (Å²) in [6, 6.07) is 5.81. The van der Waals surface area contributed by atoms with Crippen molar-refractivity contribution in [3.05, 3.63) is 41.2 Å². The van der Waals surface area contributed by atoms with Crippen molar-refractivity contribution in [2.24, 2.45) is 5.92 Å². The van der Waals surface area contributed by atoms with Gasteiger partial charge >= 0.3 is 0 Å². The molecule has 1 spiro atoms. The van der Waals surface area contributed by atoms with Gasteiger partial charge in [-0.25, -0.2) is 17.8 Å². The van der Waals surface area contributed by atoms with Crippen molar-refractivity contribution < 1.29 is 23.1 Å². The van der Waals surface area contributed by atoms with Crippen LogP contribution >= 0.6 is 0 Å². The van der Waals surface area contributed by atoms with E-state index in [0.717, 1.165) is 35.5 Å². The molecule has 45 heavy (non-hydrogen) atoms. The first kappa shape index (κ1) is 35.0. The van der Waals surface area contributed by atoms with E-state index in [1.807, 2.05) is 51.4 Å². The van der Waals surface area contributed by atoms with Crippen molar-refractivity contribution in [3.8, 4) is 5.69 Å². The Kier molecular flexibility index (Phi) is 11.1. The number of piperazine rings is 1. The number of piperidine rings is 1. The van der Waals surface area contributed by atoms with Crippen molar-refractivity contribution in [3.63, 3.8) is 0 Å². The number of carbonyl (C=O) groups is 2. The molecule has 250 valence electrons. The highest BCUT2D eigenvalue weighted by Crippen LogP contribution is 2.35. The van der Waals surface area contributed by atoms with Crippen LogP contribution in [0.15, 0.2) is 29.2 Å². The number of aliphatic hydroxyl groups excluding tert-OH is 1. The van der Waals surface area contributed by atoms with Gasteiger partial charge in [-0.3, -0.25) is 14.5 Å². The van der Waals surface area contributed by atoms with Crippen LogP contribution in [0.3, 0.4) is 0 Å². The molecule has 12 nitrogen and oxygen atoms in total. The number of likely N-dealkylation sites (N-methyl/N-ethyl adjacent to an activating group) is 1. The van der Waals surface area contributed by atoms with Gasteiger partial charge in [0, 0.05) is 50.5 Å². The summed E-state index contributed by atoms with van der Waals surface area (Å²) in [7, 11) is 0.177. The maximum Gasteiger partial charge on any atom is 0.248 e. The molecule has 2 atom stereocenters. The quantitative estimate of drug-likeness (QED) is 0.300. The number of hydrogen-bond acceptors (Lipinski definition) is 8. The number of unbranched alkanes of at least 4 members (excludes halogenated alkanes) is 1. The first-order chi connectivity index (χ1) is 21.2. The third-order valence-corrected chi connectivity index (χ3v) is 10.7. The average molecular weight is 646 g/mol. The van der Waals surface area contributed by atoms with Gasteiger partial charge in [0.25, 0.3) is 0 Å². The first-order valence-corrected chi connectivity index (χ1v) is 17.5. The van der Waals surface area contributed by atoms with E-state index >= 15 is 0 Å². The van der Waals surface area contributed by atoms with Crippen LogP contribution in [-0.4, -0.2) is 114 Å². The monoisotopic (exact) mass is 645 g/mol. The molecule has 13 heteroatoms. The normalized spacial score (nSPS) is 20.0. The van der Waals surface area contributed by atoms with E-state index in [1.165, 1.54) is 0 Å².